The van der Waals surface area contributed by atoms with E-state index in [9.17, 15) is 0 Å². The Balaban J connectivity index is 1.17. The molecule has 1 unspecified atom stereocenters. The summed E-state index contributed by atoms with van der Waals surface area (Å²) in [6.07, 6.45) is 0. The minimum Gasteiger partial charge on any atom is -0.310 e. The van der Waals surface area contributed by atoms with Crippen LogP contribution in [0.5, 0.6) is 0 Å². The van der Waals surface area contributed by atoms with Crippen molar-refractivity contribution in [2.24, 2.45) is 0 Å². The predicted octanol–water partition coefficient (Wildman–Crippen LogP) is 16.6. The maximum Gasteiger partial charge on any atom is 0.0775 e. The quantitative estimate of drug-likeness (QED) is 0.141. The molecule has 0 amide bonds. The molecule has 338 valence electrons. The van der Waals surface area contributed by atoms with Gasteiger partial charge in [0.25, 0.3) is 0 Å². The van der Waals surface area contributed by atoms with Gasteiger partial charge in [0.1, 0.15) is 0 Å². The Bertz CT molecular complexity index is 3840. The summed E-state index contributed by atoms with van der Waals surface area (Å²) in [5, 5.41) is 7.92. The summed E-state index contributed by atoms with van der Waals surface area (Å²) in [5.74, 6) is 0. The average Bonchev–Trinajstić information content (AvgIpc) is 3.88. The van der Waals surface area contributed by atoms with E-state index >= 15 is 0 Å². The van der Waals surface area contributed by atoms with Crippen molar-refractivity contribution >= 4 is 93.2 Å². The fraction of sp³-hybridized carbons (Fsp3) is 0.108. The molecule has 0 fully saturated rings. The summed E-state index contributed by atoms with van der Waals surface area (Å²) in [6.45, 7) is 14.6. The summed E-state index contributed by atoms with van der Waals surface area (Å²) in [6, 6.07) is 85.1. The number of hydrogen-bond acceptors (Lipinski definition) is 2. The summed E-state index contributed by atoms with van der Waals surface area (Å²) < 4.78 is 2.55. The highest BCUT2D eigenvalue weighted by Gasteiger charge is 2.52. The summed E-state index contributed by atoms with van der Waals surface area (Å²) in [5.41, 5.74) is 17.6. The fourth-order valence-electron chi connectivity index (χ4n) is 12.0. The molecule has 11 aromatic rings. The van der Waals surface area contributed by atoms with Gasteiger partial charge in [-0.05, 0) is 118 Å². The molecule has 1 atom stereocenters. The van der Waals surface area contributed by atoms with Gasteiger partial charge in [0.15, 0.2) is 0 Å². The molecular formula is C65H55N3Si2. The number of nitrogens with zero attached hydrogens (tertiary/aromatic N) is 3. The lowest BCUT2D eigenvalue weighted by Gasteiger charge is -2.40. The SMILES string of the molecule is C[Si](C)(C)c1ccc(N(c2ccccc2)c2ccc3c(c2)C2(c4ccccc4-n4c5ccccc5c5cccc2c54)c2cc(N(c4ccccc4)c4ccc([Si](C)(C)C)cc4)c4ccccc4c2-3)cc1. The summed E-state index contributed by atoms with van der Waals surface area (Å²) in [4.78, 5) is 4.97. The topological polar surface area (TPSA) is 11.4 Å². The zero-order chi connectivity index (χ0) is 47.5. The first-order valence-corrected chi connectivity index (χ1v) is 31.8. The first kappa shape index (κ1) is 42.4. The Morgan fingerprint density at radius 1 is 0.357 bits per heavy atom. The van der Waals surface area contributed by atoms with Crippen LogP contribution in [0.25, 0.3) is 49.4 Å². The van der Waals surface area contributed by atoms with Crippen molar-refractivity contribution in [3.8, 4) is 16.8 Å². The second kappa shape index (κ2) is 15.7. The van der Waals surface area contributed by atoms with E-state index in [0.29, 0.717) is 0 Å². The van der Waals surface area contributed by atoms with Crippen LogP contribution in [0.4, 0.5) is 34.1 Å². The molecular weight excluding hydrogens is 879 g/mol. The van der Waals surface area contributed by atoms with E-state index in [1.807, 2.05) is 0 Å². The smallest absolute Gasteiger partial charge is 0.0775 e. The van der Waals surface area contributed by atoms with Crippen molar-refractivity contribution in [3.63, 3.8) is 0 Å². The van der Waals surface area contributed by atoms with E-state index in [0.717, 1.165) is 34.1 Å². The van der Waals surface area contributed by atoms with Crippen LogP contribution >= 0.6 is 0 Å². The average molecular weight is 934 g/mol. The lowest BCUT2D eigenvalue weighted by Crippen LogP contribution is -2.37. The van der Waals surface area contributed by atoms with Crippen LogP contribution in [-0.4, -0.2) is 20.7 Å². The maximum atomic E-state index is 2.58. The number of aromatic nitrogens is 1. The van der Waals surface area contributed by atoms with Gasteiger partial charge in [-0.2, -0.15) is 0 Å². The van der Waals surface area contributed by atoms with Gasteiger partial charge in [0.05, 0.1) is 44.0 Å². The Kier molecular flexibility index (Phi) is 9.48. The predicted molar refractivity (Wildman–Crippen MR) is 304 cm³/mol. The minimum atomic E-state index is -1.56. The largest absolute Gasteiger partial charge is 0.310 e. The lowest BCUT2D eigenvalue weighted by atomic mass is 9.65. The number of hydrogen-bond donors (Lipinski definition) is 0. The molecule has 0 N–H and O–H groups in total. The molecule has 0 radical (unpaired) electrons. The van der Waals surface area contributed by atoms with Crippen LogP contribution in [0.1, 0.15) is 22.3 Å². The molecule has 1 aliphatic heterocycles. The van der Waals surface area contributed by atoms with Crippen molar-refractivity contribution in [1.82, 2.24) is 4.57 Å². The molecule has 3 nitrogen and oxygen atoms in total. The fourth-order valence-corrected chi connectivity index (χ4v) is 14.3. The molecule has 70 heavy (non-hydrogen) atoms. The van der Waals surface area contributed by atoms with Crippen molar-refractivity contribution in [3.05, 3.63) is 247 Å². The second-order valence-electron chi connectivity index (χ2n) is 21.4. The number of rotatable bonds is 8. The van der Waals surface area contributed by atoms with Crippen LogP contribution in [0, 0.1) is 0 Å². The van der Waals surface area contributed by atoms with E-state index < -0.39 is 21.6 Å². The zero-order valence-corrected chi connectivity index (χ0v) is 42.7. The number of fused-ring (bicyclic) bond motifs is 14. The Hall–Kier alpha value is -7.71. The van der Waals surface area contributed by atoms with Gasteiger partial charge in [-0.15, -0.1) is 0 Å². The molecule has 2 heterocycles. The third kappa shape index (κ3) is 6.24. The highest BCUT2D eigenvalue weighted by atomic mass is 28.3. The Morgan fingerprint density at radius 3 is 1.51 bits per heavy atom. The molecule has 0 saturated carbocycles. The van der Waals surface area contributed by atoms with Crippen LogP contribution < -0.4 is 20.2 Å². The monoisotopic (exact) mass is 933 g/mol. The van der Waals surface area contributed by atoms with Gasteiger partial charge in [0.2, 0.25) is 0 Å². The molecule has 0 saturated heterocycles. The standard InChI is InChI=1S/C65H55N3Si2/c1-69(2,3)49-37-32-46(33-38-49)66(44-20-9-7-10-21-44)48-36-41-55-58(42-48)65(56-28-16-18-31-61(56)68-60-30-17-15-25-52(60)54-27-19-29-57(65)64(54)68)59-43-62(51-24-13-14-26-53(51)63(55)59)67(45-22-11-8-12-23-45)47-34-39-50(40-35-47)70(4,5)6/h7-43H,1-6H3. The van der Waals surface area contributed by atoms with Crippen molar-refractivity contribution in [2.45, 2.75) is 44.7 Å². The van der Waals surface area contributed by atoms with E-state index in [1.54, 1.807) is 0 Å². The molecule has 10 aromatic carbocycles. The lowest BCUT2D eigenvalue weighted by molar-refractivity contribution is 0.749. The van der Waals surface area contributed by atoms with E-state index in [4.69, 9.17) is 0 Å². The third-order valence-electron chi connectivity index (χ3n) is 15.3. The van der Waals surface area contributed by atoms with Gasteiger partial charge < -0.3 is 14.4 Å². The normalized spacial score (nSPS) is 14.8. The van der Waals surface area contributed by atoms with Gasteiger partial charge in [-0.25, -0.2) is 0 Å². The summed E-state index contributed by atoms with van der Waals surface area (Å²) >= 11 is 0. The van der Waals surface area contributed by atoms with E-state index in [-0.39, 0.29) is 0 Å². The first-order valence-electron chi connectivity index (χ1n) is 24.8. The maximum absolute atomic E-state index is 2.58. The molecule has 0 bridgehead atoms. The Morgan fingerprint density at radius 2 is 0.857 bits per heavy atom. The van der Waals surface area contributed by atoms with E-state index in [2.05, 4.69) is 278 Å². The van der Waals surface area contributed by atoms with Gasteiger partial charge in [0, 0.05) is 44.6 Å². The van der Waals surface area contributed by atoms with Crippen molar-refractivity contribution in [1.29, 1.82) is 0 Å². The highest BCUT2D eigenvalue weighted by molar-refractivity contribution is 6.89. The zero-order valence-electron chi connectivity index (χ0n) is 40.7. The van der Waals surface area contributed by atoms with E-state index in [1.165, 1.54) is 82.0 Å². The molecule has 1 aromatic heterocycles. The number of para-hydroxylation sites is 5. The second-order valence-corrected chi connectivity index (χ2v) is 31.5. The van der Waals surface area contributed by atoms with Crippen LogP contribution in [-0.2, 0) is 5.41 Å². The van der Waals surface area contributed by atoms with Crippen LogP contribution in [0.3, 0.4) is 0 Å². The van der Waals surface area contributed by atoms with Crippen molar-refractivity contribution in [2.75, 3.05) is 9.80 Å². The summed E-state index contributed by atoms with van der Waals surface area (Å²) in [7, 11) is -3.09. The van der Waals surface area contributed by atoms with Crippen LogP contribution in [0.2, 0.25) is 39.3 Å². The molecule has 5 heteroatoms. The number of anilines is 6. The molecule has 1 aliphatic carbocycles. The minimum absolute atomic E-state index is 0.700. The molecule has 2 aliphatic rings. The Labute approximate surface area is 413 Å². The highest BCUT2D eigenvalue weighted by Crippen LogP contribution is 2.64. The van der Waals surface area contributed by atoms with Crippen LogP contribution in [0.15, 0.2) is 224 Å². The van der Waals surface area contributed by atoms with Gasteiger partial charge >= 0.3 is 0 Å². The third-order valence-corrected chi connectivity index (χ3v) is 19.4. The molecule has 1 spiro atoms. The number of benzene rings is 10. The molecule has 13 rings (SSSR count). The van der Waals surface area contributed by atoms with Crippen molar-refractivity contribution < 1.29 is 0 Å². The first-order chi connectivity index (χ1) is 34.0. The van der Waals surface area contributed by atoms with Gasteiger partial charge in [-0.3, -0.25) is 0 Å². The van der Waals surface area contributed by atoms with Gasteiger partial charge in [-0.1, -0.05) is 195 Å².